The van der Waals surface area contributed by atoms with E-state index in [1.54, 1.807) is 0 Å². The van der Waals surface area contributed by atoms with Crippen LogP contribution < -0.4 is 11.1 Å². The first-order valence-electron chi connectivity index (χ1n) is 7.79. The first kappa shape index (κ1) is 15.2. The number of rotatable bonds is 7. The maximum Gasteiger partial charge on any atom is 0.217 e. The molecule has 2 heterocycles. The number of anilines is 1. The highest BCUT2D eigenvalue weighted by molar-refractivity contribution is 5.82. The lowest BCUT2D eigenvalue weighted by Gasteiger charge is -2.09. The topological polar surface area (TPSA) is 98.2 Å². The van der Waals surface area contributed by atoms with E-state index in [-0.39, 0.29) is 5.91 Å². The summed E-state index contributed by atoms with van der Waals surface area (Å²) in [6.45, 7) is 2.70. The Morgan fingerprint density at radius 2 is 2.04 bits per heavy atom. The predicted octanol–water partition coefficient (Wildman–Crippen LogP) is 2.04. The van der Waals surface area contributed by atoms with Gasteiger partial charge in [0.15, 0.2) is 5.82 Å². The number of aromatic nitrogens is 4. The van der Waals surface area contributed by atoms with Crippen LogP contribution in [0.4, 0.5) is 5.82 Å². The molecule has 0 bridgehead atoms. The number of fused-ring (bicyclic) bond motifs is 3. The molecule has 7 nitrogen and oxygen atoms in total. The van der Waals surface area contributed by atoms with Crippen molar-refractivity contribution in [2.75, 3.05) is 11.9 Å². The van der Waals surface area contributed by atoms with E-state index in [0.717, 1.165) is 54.1 Å². The van der Waals surface area contributed by atoms with Crippen LogP contribution in [0.15, 0.2) is 24.3 Å². The van der Waals surface area contributed by atoms with Gasteiger partial charge in [-0.3, -0.25) is 9.20 Å². The molecule has 1 amide bonds. The van der Waals surface area contributed by atoms with Crippen LogP contribution >= 0.6 is 0 Å². The van der Waals surface area contributed by atoms with E-state index < -0.39 is 0 Å². The minimum absolute atomic E-state index is 0.241. The zero-order valence-corrected chi connectivity index (χ0v) is 13.1. The number of hydrogen-bond donors (Lipinski definition) is 2. The normalized spacial score (nSPS) is 11.2. The number of primary amides is 1. The third-order valence-corrected chi connectivity index (χ3v) is 3.78. The number of nitrogens with one attached hydrogen (secondary N) is 1. The number of para-hydroxylation sites is 2. The Bertz CT molecular complexity index is 841. The van der Waals surface area contributed by atoms with Gasteiger partial charge in [0.05, 0.1) is 11.0 Å². The number of benzene rings is 1. The summed E-state index contributed by atoms with van der Waals surface area (Å²) in [6, 6.07) is 7.94. The second kappa shape index (κ2) is 6.60. The van der Waals surface area contributed by atoms with E-state index in [1.165, 1.54) is 0 Å². The molecule has 7 heteroatoms. The Kier molecular flexibility index (Phi) is 4.36. The van der Waals surface area contributed by atoms with Crippen LogP contribution in [0.25, 0.3) is 16.7 Å². The quantitative estimate of drug-likeness (QED) is 0.651. The van der Waals surface area contributed by atoms with E-state index in [2.05, 4.69) is 20.5 Å². The molecule has 23 heavy (non-hydrogen) atoms. The van der Waals surface area contributed by atoms with E-state index >= 15 is 0 Å². The molecule has 2 aromatic heterocycles. The fourth-order valence-electron chi connectivity index (χ4n) is 2.65. The third-order valence-electron chi connectivity index (χ3n) is 3.78. The Hall–Kier alpha value is -2.70. The summed E-state index contributed by atoms with van der Waals surface area (Å²) in [5.41, 5.74) is 7.77. The Morgan fingerprint density at radius 1 is 1.22 bits per heavy atom. The van der Waals surface area contributed by atoms with Gasteiger partial charge in [-0.05, 0) is 31.9 Å². The van der Waals surface area contributed by atoms with E-state index in [4.69, 9.17) is 5.73 Å². The third kappa shape index (κ3) is 3.23. The van der Waals surface area contributed by atoms with Gasteiger partial charge in [-0.15, -0.1) is 10.2 Å². The highest BCUT2D eigenvalue weighted by Gasteiger charge is 2.12. The van der Waals surface area contributed by atoms with Gasteiger partial charge in [0.1, 0.15) is 5.82 Å². The summed E-state index contributed by atoms with van der Waals surface area (Å²) in [5.74, 6) is 1.33. The van der Waals surface area contributed by atoms with Crippen LogP contribution in [0.5, 0.6) is 0 Å². The molecule has 0 saturated heterocycles. The van der Waals surface area contributed by atoms with Gasteiger partial charge in [0, 0.05) is 13.0 Å². The van der Waals surface area contributed by atoms with Crippen molar-refractivity contribution in [3.05, 3.63) is 30.1 Å². The smallest absolute Gasteiger partial charge is 0.217 e. The predicted molar refractivity (Wildman–Crippen MR) is 89.2 cm³/mol. The monoisotopic (exact) mass is 312 g/mol. The highest BCUT2D eigenvalue weighted by Crippen LogP contribution is 2.21. The van der Waals surface area contributed by atoms with Gasteiger partial charge < -0.3 is 11.1 Å². The summed E-state index contributed by atoms with van der Waals surface area (Å²) in [6.07, 6.45) is 3.16. The van der Waals surface area contributed by atoms with Crippen molar-refractivity contribution < 1.29 is 4.79 Å². The Balaban J connectivity index is 1.76. The maximum atomic E-state index is 10.7. The van der Waals surface area contributed by atoms with Crippen LogP contribution in [0, 0.1) is 6.92 Å². The summed E-state index contributed by atoms with van der Waals surface area (Å²) in [4.78, 5) is 15.4. The average molecular weight is 312 g/mol. The first-order chi connectivity index (χ1) is 11.2. The zero-order chi connectivity index (χ0) is 16.2. The van der Waals surface area contributed by atoms with Crippen LogP contribution in [0.2, 0.25) is 0 Å². The fraction of sp³-hybridized carbons (Fsp3) is 0.375. The second-order valence-electron chi connectivity index (χ2n) is 5.56. The molecule has 3 rings (SSSR count). The molecule has 0 saturated carbocycles. The lowest BCUT2D eigenvalue weighted by molar-refractivity contribution is -0.118. The van der Waals surface area contributed by atoms with Gasteiger partial charge in [-0.2, -0.15) is 0 Å². The summed E-state index contributed by atoms with van der Waals surface area (Å²) < 4.78 is 2.01. The number of carbonyl (C=O) groups is 1. The van der Waals surface area contributed by atoms with Crippen molar-refractivity contribution in [3.8, 4) is 0 Å². The molecule has 0 aliphatic heterocycles. The van der Waals surface area contributed by atoms with Crippen molar-refractivity contribution in [2.45, 2.75) is 32.6 Å². The molecule has 1 aromatic carbocycles. The van der Waals surface area contributed by atoms with Crippen molar-refractivity contribution in [3.63, 3.8) is 0 Å². The molecule has 0 spiro atoms. The van der Waals surface area contributed by atoms with Gasteiger partial charge in [-0.1, -0.05) is 18.6 Å². The summed E-state index contributed by atoms with van der Waals surface area (Å²) >= 11 is 0. The maximum absolute atomic E-state index is 10.7. The summed E-state index contributed by atoms with van der Waals surface area (Å²) in [7, 11) is 0. The van der Waals surface area contributed by atoms with Crippen LogP contribution in [0.3, 0.4) is 0 Å². The van der Waals surface area contributed by atoms with Crippen molar-refractivity contribution in [1.29, 1.82) is 0 Å². The van der Waals surface area contributed by atoms with Gasteiger partial charge >= 0.3 is 0 Å². The molecule has 0 atom stereocenters. The number of nitrogens with two attached hydrogens (primary N) is 1. The minimum atomic E-state index is -0.241. The number of amides is 1. The molecule has 0 fully saturated rings. The highest BCUT2D eigenvalue weighted by atomic mass is 16.1. The van der Waals surface area contributed by atoms with E-state index in [0.29, 0.717) is 6.42 Å². The van der Waals surface area contributed by atoms with Crippen molar-refractivity contribution >= 4 is 28.4 Å². The fourth-order valence-corrected chi connectivity index (χ4v) is 2.65. The zero-order valence-electron chi connectivity index (χ0n) is 13.1. The first-order valence-corrected chi connectivity index (χ1v) is 7.79. The molecule has 0 radical (unpaired) electrons. The largest absolute Gasteiger partial charge is 0.370 e. The van der Waals surface area contributed by atoms with E-state index in [1.807, 2.05) is 35.6 Å². The van der Waals surface area contributed by atoms with E-state index in [9.17, 15) is 4.79 Å². The molecule has 3 aromatic rings. The van der Waals surface area contributed by atoms with Crippen LogP contribution in [0.1, 0.15) is 31.5 Å². The molecule has 3 N–H and O–H groups in total. The lowest BCUT2D eigenvalue weighted by Crippen LogP contribution is -2.10. The molecule has 0 aliphatic carbocycles. The standard InChI is InChI=1S/C16H20N6O/c1-11-20-21-16-15(18-10-6-2-3-9-14(17)23)19-12-7-4-5-8-13(12)22(11)16/h4-5,7-8H,2-3,6,9-10H2,1H3,(H2,17,23)(H,18,19). The minimum Gasteiger partial charge on any atom is -0.370 e. The van der Waals surface area contributed by atoms with Gasteiger partial charge in [0.2, 0.25) is 11.6 Å². The number of carbonyl (C=O) groups excluding carboxylic acids is 1. The van der Waals surface area contributed by atoms with Gasteiger partial charge in [0.25, 0.3) is 0 Å². The Labute approximate surface area is 133 Å². The summed E-state index contributed by atoms with van der Waals surface area (Å²) in [5, 5.41) is 11.7. The number of aryl methyl sites for hydroxylation is 1. The molecular weight excluding hydrogens is 292 g/mol. The average Bonchev–Trinajstić information content (AvgIpc) is 2.93. The number of hydrogen-bond acceptors (Lipinski definition) is 5. The van der Waals surface area contributed by atoms with Gasteiger partial charge in [-0.25, -0.2) is 4.98 Å². The second-order valence-corrected chi connectivity index (χ2v) is 5.56. The SMILES string of the molecule is Cc1nnc2c(NCCCCCC(N)=O)nc3ccccc3n12. The Morgan fingerprint density at radius 3 is 2.87 bits per heavy atom. The number of unbranched alkanes of at least 4 members (excludes halogenated alkanes) is 2. The number of nitrogens with zero attached hydrogens (tertiary/aromatic N) is 4. The van der Waals surface area contributed by atoms with Crippen LogP contribution in [-0.4, -0.2) is 32.0 Å². The van der Waals surface area contributed by atoms with Crippen molar-refractivity contribution in [2.24, 2.45) is 5.73 Å². The molecule has 0 unspecified atom stereocenters. The van der Waals surface area contributed by atoms with Crippen LogP contribution in [-0.2, 0) is 4.79 Å². The van der Waals surface area contributed by atoms with Crippen molar-refractivity contribution in [1.82, 2.24) is 19.6 Å². The molecule has 0 aliphatic rings. The lowest BCUT2D eigenvalue weighted by atomic mass is 10.2. The molecular formula is C16H20N6O. The molecule has 120 valence electrons.